The van der Waals surface area contributed by atoms with E-state index in [1.165, 1.54) is 19.9 Å². The fourth-order valence-electron chi connectivity index (χ4n) is 2.50. The number of esters is 1. The predicted molar refractivity (Wildman–Crippen MR) is 89.3 cm³/mol. The fourth-order valence-corrected chi connectivity index (χ4v) is 2.50. The Morgan fingerprint density at radius 1 is 1.38 bits per heavy atom. The molecule has 0 fully saturated rings. The van der Waals surface area contributed by atoms with Gasteiger partial charge in [-0.2, -0.15) is 0 Å². The first kappa shape index (κ1) is 19.6. The Labute approximate surface area is 150 Å². The standard InChI is InChI=1S/C16H20BNO8/c1-4-23-16(21)25-10(3)24-15(20)12-7-5-6-11-8-13(18-9(2)19)17(22)26-14(11)12/h5-7,10,13,22H,4,8H2,1-3H3,(H,18,19). The van der Waals surface area contributed by atoms with E-state index in [1.54, 1.807) is 19.1 Å². The number of hydrogen-bond acceptors (Lipinski definition) is 8. The number of carbonyl (C=O) groups excluding carboxylic acids is 3. The number of para-hydroxylation sites is 1. The monoisotopic (exact) mass is 365 g/mol. The van der Waals surface area contributed by atoms with E-state index in [0.717, 1.165) is 0 Å². The maximum atomic E-state index is 12.3. The van der Waals surface area contributed by atoms with Crippen molar-refractivity contribution in [1.29, 1.82) is 0 Å². The third-order valence-corrected chi connectivity index (χ3v) is 3.53. The van der Waals surface area contributed by atoms with Crippen LogP contribution in [0.15, 0.2) is 18.2 Å². The molecule has 0 saturated carbocycles. The summed E-state index contributed by atoms with van der Waals surface area (Å²) in [4.78, 5) is 34.8. The van der Waals surface area contributed by atoms with Gasteiger partial charge in [0.15, 0.2) is 0 Å². The van der Waals surface area contributed by atoms with Crippen LogP contribution < -0.4 is 9.97 Å². The van der Waals surface area contributed by atoms with Crippen LogP contribution in [0.5, 0.6) is 5.75 Å². The second kappa shape index (κ2) is 8.57. The molecule has 0 aromatic heterocycles. The van der Waals surface area contributed by atoms with Crippen molar-refractivity contribution in [3.8, 4) is 5.75 Å². The molecule has 0 radical (unpaired) electrons. The van der Waals surface area contributed by atoms with Gasteiger partial charge in [-0.1, -0.05) is 12.1 Å². The Bertz CT molecular complexity index is 695. The van der Waals surface area contributed by atoms with Crippen LogP contribution in [0.2, 0.25) is 0 Å². The molecule has 0 bridgehead atoms. The highest BCUT2D eigenvalue weighted by atomic mass is 16.8. The Balaban J connectivity index is 2.11. The largest absolute Gasteiger partial charge is 0.547 e. The van der Waals surface area contributed by atoms with Crippen molar-refractivity contribution in [2.24, 2.45) is 0 Å². The van der Waals surface area contributed by atoms with Gasteiger partial charge in [0, 0.05) is 13.8 Å². The Morgan fingerprint density at radius 3 is 2.77 bits per heavy atom. The van der Waals surface area contributed by atoms with Gasteiger partial charge in [0.25, 0.3) is 0 Å². The molecule has 9 nitrogen and oxygen atoms in total. The summed E-state index contributed by atoms with van der Waals surface area (Å²) in [5.41, 5.74) is 0.699. The van der Waals surface area contributed by atoms with E-state index in [9.17, 15) is 19.4 Å². The molecular formula is C16H20BNO8. The predicted octanol–water partition coefficient (Wildman–Crippen LogP) is 0.822. The van der Waals surface area contributed by atoms with Crippen LogP contribution in [0.1, 0.15) is 36.7 Å². The highest BCUT2D eigenvalue weighted by molar-refractivity contribution is 6.47. The number of benzene rings is 1. The van der Waals surface area contributed by atoms with E-state index in [0.29, 0.717) is 5.56 Å². The summed E-state index contributed by atoms with van der Waals surface area (Å²) in [7, 11) is -1.31. The Kier molecular flexibility index (Phi) is 6.45. The van der Waals surface area contributed by atoms with Gasteiger partial charge < -0.3 is 29.2 Å². The van der Waals surface area contributed by atoms with E-state index in [-0.39, 0.29) is 30.2 Å². The van der Waals surface area contributed by atoms with Crippen molar-refractivity contribution in [3.63, 3.8) is 0 Å². The van der Waals surface area contributed by atoms with E-state index in [4.69, 9.17) is 14.1 Å². The topological polar surface area (TPSA) is 120 Å². The molecule has 0 aliphatic carbocycles. The lowest BCUT2D eigenvalue weighted by Crippen LogP contribution is -2.52. The molecule has 1 aliphatic heterocycles. The lowest BCUT2D eigenvalue weighted by atomic mass is 9.72. The Morgan fingerprint density at radius 2 is 2.12 bits per heavy atom. The minimum Gasteiger partial charge on any atom is -0.534 e. The number of fused-ring (bicyclic) bond motifs is 1. The third kappa shape index (κ3) is 4.88. The molecule has 1 aromatic rings. The summed E-state index contributed by atoms with van der Waals surface area (Å²) >= 11 is 0. The van der Waals surface area contributed by atoms with Crippen molar-refractivity contribution in [1.82, 2.24) is 5.32 Å². The molecule has 2 N–H and O–H groups in total. The van der Waals surface area contributed by atoms with Crippen LogP contribution in [-0.2, 0) is 25.4 Å². The molecule has 1 aromatic carbocycles. The van der Waals surface area contributed by atoms with Crippen LogP contribution in [0.3, 0.4) is 0 Å². The van der Waals surface area contributed by atoms with Crippen LogP contribution >= 0.6 is 0 Å². The van der Waals surface area contributed by atoms with Crippen molar-refractivity contribution < 1.29 is 38.3 Å². The highest BCUT2D eigenvalue weighted by Gasteiger charge is 2.37. The van der Waals surface area contributed by atoms with Crippen molar-refractivity contribution >= 4 is 25.2 Å². The molecule has 1 aliphatic rings. The first-order valence-electron chi connectivity index (χ1n) is 8.10. The Hall–Kier alpha value is -2.75. The lowest BCUT2D eigenvalue weighted by Gasteiger charge is -2.29. The minimum absolute atomic E-state index is 0.0714. The molecule has 0 spiro atoms. The molecule has 10 heteroatoms. The number of hydrogen-bond donors (Lipinski definition) is 2. The quantitative estimate of drug-likeness (QED) is 0.447. The highest BCUT2D eigenvalue weighted by Crippen LogP contribution is 2.30. The number of amides is 1. The van der Waals surface area contributed by atoms with Crippen molar-refractivity contribution in [3.05, 3.63) is 29.3 Å². The zero-order valence-corrected chi connectivity index (χ0v) is 14.7. The van der Waals surface area contributed by atoms with Crippen LogP contribution in [0, 0.1) is 0 Å². The average molecular weight is 365 g/mol. The van der Waals surface area contributed by atoms with Crippen molar-refractivity contribution in [2.45, 2.75) is 39.4 Å². The van der Waals surface area contributed by atoms with Crippen LogP contribution in [0.4, 0.5) is 4.79 Å². The average Bonchev–Trinajstić information content (AvgIpc) is 2.54. The summed E-state index contributed by atoms with van der Waals surface area (Å²) in [5, 5.41) is 12.6. The van der Waals surface area contributed by atoms with Gasteiger partial charge in [-0.3, -0.25) is 4.79 Å². The molecular weight excluding hydrogens is 345 g/mol. The van der Waals surface area contributed by atoms with Gasteiger partial charge >= 0.3 is 19.2 Å². The SMILES string of the molecule is CCOC(=O)OC(C)OC(=O)c1cccc2c1OB(O)C(NC(C)=O)C2. The van der Waals surface area contributed by atoms with Gasteiger partial charge in [-0.15, -0.1) is 0 Å². The van der Waals surface area contributed by atoms with E-state index in [2.05, 4.69) is 10.1 Å². The summed E-state index contributed by atoms with van der Waals surface area (Å²) < 4.78 is 19.8. The van der Waals surface area contributed by atoms with Gasteiger partial charge in [-0.25, -0.2) is 9.59 Å². The van der Waals surface area contributed by atoms with Crippen molar-refractivity contribution in [2.75, 3.05) is 6.61 Å². The molecule has 1 heterocycles. The van der Waals surface area contributed by atoms with Gasteiger partial charge in [-0.05, 0) is 25.0 Å². The van der Waals surface area contributed by atoms with E-state index >= 15 is 0 Å². The van der Waals surface area contributed by atoms with Crippen LogP contribution in [-0.4, -0.2) is 49.0 Å². The molecule has 2 rings (SSSR count). The molecule has 0 saturated heterocycles. The number of ether oxygens (including phenoxy) is 3. The molecule has 2 unspecified atom stereocenters. The van der Waals surface area contributed by atoms with E-state index in [1.807, 2.05) is 0 Å². The molecule has 26 heavy (non-hydrogen) atoms. The summed E-state index contributed by atoms with van der Waals surface area (Å²) in [5.74, 6) is -1.56. The summed E-state index contributed by atoms with van der Waals surface area (Å²) in [6.45, 7) is 4.45. The van der Waals surface area contributed by atoms with Gasteiger partial charge in [0.05, 0.1) is 12.5 Å². The molecule has 2 atom stereocenters. The smallest absolute Gasteiger partial charge is 0.534 e. The second-order valence-corrected chi connectivity index (χ2v) is 5.59. The zero-order valence-electron chi connectivity index (χ0n) is 14.7. The van der Waals surface area contributed by atoms with Crippen LogP contribution in [0.25, 0.3) is 0 Å². The number of nitrogens with one attached hydrogen (secondary N) is 1. The first-order valence-corrected chi connectivity index (χ1v) is 8.10. The normalized spacial score (nSPS) is 16.6. The first-order chi connectivity index (χ1) is 12.3. The molecule has 1 amide bonds. The minimum atomic E-state index is -1.31. The molecule has 140 valence electrons. The maximum absolute atomic E-state index is 12.3. The number of carbonyl (C=O) groups is 3. The van der Waals surface area contributed by atoms with E-state index < -0.39 is 31.5 Å². The lowest BCUT2D eigenvalue weighted by molar-refractivity contribution is -0.119. The van der Waals surface area contributed by atoms with Gasteiger partial charge in [0.1, 0.15) is 11.3 Å². The third-order valence-electron chi connectivity index (χ3n) is 3.53. The maximum Gasteiger partial charge on any atom is 0.547 e. The second-order valence-electron chi connectivity index (χ2n) is 5.59. The van der Waals surface area contributed by atoms with Gasteiger partial charge in [0.2, 0.25) is 12.2 Å². The number of rotatable bonds is 5. The fraction of sp³-hybridized carbons (Fsp3) is 0.438. The summed E-state index contributed by atoms with van der Waals surface area (Å²) in [6.07, 6.45) is -1.84. The zero-order chi connectivity index (χ0) is 19.3. The summed E-state index contributed by atoms with van der Waals surface area (Å²) in [6, 6.07) is 4.80.